The van der Waals surface area contributed by atoms with Crippen molar-refractivity contribution in [1.82, 2.24) is 15.3 Å². The average Bonchev–Trinajstić information content (AvgIpc) is 2.50. The molecular weight excluding hydrogens is 271 g/mol. The van der Waals surface area contributed by atoms with Crippen molar-refractivity contribution in [3.63, 3.8) is 0 Å². The molecule has 2 aromatic rings. The Balaban J connectivity index is 1.98. The Kier molecular flexibility index (Phi) is 5.20. The van der Waals surface area contributed by atoms with Crippen molar-refractivity contribution >= 4 is 11.7 Å². The van der Waals surface area contributed by atoms with Crippen LogP contribution in [0.3, 0.4) is 0 Å². The highest BCUT2D eigenvalue weighted by Crippen LogP contribution is 2.13. The molecule has 2 rings (SSSR count). The van der Waals surface area contributed by atoms with Crippen LogP contribution in [0.1, 0.15) is 22.8 Å². The molecule has 0 fully saturated rings. The monoisotopic (exact) mass is 288 g/mol. The van der Waals surface area contributed by atoms with E-state index in [-0.39, 0.29) is 11.5 Å². The number of anilines is 1. The molecule has 1 amide bonds. The lowest BCUT2D eigenvalue weighted by atomic mass is 10.2. The molecule has 2 aromatic heterocycles. The summed E-state index contributed by atoms with van der Waals surface area (Å²) < 4.78 is 13.3. The van der Waals surface area contributed by atoms with E-state index in [1.807, 2.05) is 19.1 Å². The normalized spacial score (nSPS) is 10.2. The molecule has 5 nitrogen and oxygen atoms in total. The second-order valence-electron chi connectivity index (χ2n) is 4.44. The van der Waals surface area contributed by atoms with Crippen LogP contribution in [-0.4, -0.2) is 29.0 Å². The summed E-state index contributed by atoms with van der Waals surface area (Å²) in [6.45, 7) is 2.96. The Morgan fingerprint density at radius 2 is 2.10 bits per heavy atom. The van der Waals surface area contributed by atoms with Crippen molar-refractivity contribution in [2.45, 2.75) is 13.3 Å². The van der Waals surface area contributed by atoms with Crippen LogP contribution in [0.25, 0.3) is 0 Å². The van der Waals surface area contributed by atoms with Crippen LogP contribution in [0.15, 0.2) is 36.8 Å². The Morgan fingerprint density at radius 3 is 2.81 bits per heavy atom. The largest absolute Gasteiger partial charge is 0.370 e. The molecule has 0 spiro atoms. The fraction of sp³-hybridized carbons (Fsp3) is 0.267. The number of amides is 1. The summed E-state index contributed by atoms with van der Waals surface area (Å²) in [5, 5.41) is 5.71. The van der Waals surface area contributed by atoms with Gasteiger partial charge in [-0.3, -0.25) is 9.78 Å². The highest BCUT2D eigenvalue weighted by molar-refractivity contribution is 5.98. The summed E-state index contributed by atoms with van der Waals surface area (Å²) in [7, 11) is 0. The highest BCUT2D eigenvalue weighted by atomic mass is 19.1. The molecule has 0 bridgehead atoms. The van der Waals surface area contributed by atoms with Crippen LogP contribution in [0.5, 0.6) is 0 Å². The maximum Gasteiger partial charge on any atom is 0.255 e. The van der Waals surface area contributed by atoms with Gasteiger partial charge < -0.3 is 10.6 Å². The fourth-order valence-corrected chi connectivity index (χ4v) is 1.89. The standard InChI is InChI=1S/C15H17FN4O/c1-2-18-14-13(9-12(16)10-20-14)15(21)19-8-5-11-3-6-17-7-4-11/h3-4,6-7,9-10H,2,5,8H2,1H3,(H,18,20)(H,19,21). The topological polar surface area (TPSA) is 66.9 Å². The van der Waals surface area contributed by atoms with Gasteiger partial charge in [0.25, 0.3) is 5.91 Å². The van der Waals surface area contributed by atoms with Gasteiger partial charge in [0, 0.05) is 25.5 Å². The zero-order valence-electron chi connectivity index (χ0n) is 11.8. The molecule has 21 heavy (non-hydrogen) atoms. The van der Waals surface area contributed by atoms with Gasteiger partial charge in [-0.15, -0.1) is 0 Å². The Hall–Kier alpha value is -2.50. The van der Waals surface area contributed by atoms with Crippen molar-refractivity contribution in [3.8, 4) is 0 Å². The fourth-order valence-electron chi connectivity index (χ4n) is 1.89. The first kappa shape index (κ1) is 14.9. The number of halogens is 1. The molecular formula is C15H17FN4O. The third-order valence-corrected chi connectivity index (χ3v) is 2.89. The summed E-state index contributed by atoms with van der Waals surface area (Å²) in [5.41, 5.74) is 1.29. The van der Waals surface area contributed by atoms with Gasteiger partial charge in [-0.05, 0) is 37.1 Å². The van der Waals surface area contributed by atoms with Crippen LogP contribution >= 0.6 is 0 Å². The number of carbonyl (C=O) groups is 1. The molecule has 0 atom stereocenters. The molecule has 6 heteroatoms. The number of nitrogens with zero attached hydrogens (tertiary/aromatic N) is 2. The molecule has 0 aromatic carbocycles. The second-order valence-corrected chi connectivity index (χ2v) is 4.44. The Bertz CT molecular complexity index is 604. The molecule has 0 aliphatic carbocycles. The average molecular weight is 288 g/mol. The van der Waals surface area contributed by atoms with Gasteiger partial charge in [0.2, 0.25) is 0 Å². The molecule has 0 saturated heterocycles. The minimum atomic E-state index is -0.532. The lowest BCUT2D eigenvalue weighted by Gasteiger charge is -2.10. The van der Waals surface area contributed by atoms with Crippen LogP contribution < -0.4 is 10.6 Å². The molecule has 0 radical (unpaired) electrons. The van der Waals surface area contributed by atoms with E-state index in [4.69, 9.17) is 0 Å². The van der Waals surface area contributed by atoms with Gasteiger partial charge in [0.1, 0.15) is 11.6 Å². The Morgan fingerprint density at radius 1 is 1.33 bits per heavy atom. The number of nitrogens with one attached hydrogen (secondary N) is 2. The molecule has 2 N–H and O–H groups in total. The number of hydrogen-bond acceptors (Lipinski definition) is 4. The maximum atomic E-state index is 13.3. The minimum Gasteiger partial charge on any atom is -0.370 e. The van der Waals surface area contributed by atoms with E-state index in [2.05, 4.69) is 20.6 Å². The summed E-state index contributed by atoms with van der Waals surface area (Å²) in [4.78, 5) is 19.9. The number of pyridine rings is 2. The van der Waals surface area contributed by atoms with Gasteiger partial charge in [0.15, 0.2) is 0 Å². The molecule has 0 aliphatic rings. The van der Waals surface area contributed by atoms with Crippen molar-refractivity contribution in [3.05, 3.63) is 53.7 Å². The molecule has 2 heterocycles. The van der Waals surface area contributed by atoms with Crippen LogP contribution in [-0.2, 0) is 6.42 Å². The van der Waals surface area contributed by atoms with Crippen molar-refractivity contribution in [2.75, 3.05) is 18.4 Å². The smallest absolute Gasteiger partial charge is 0.255 e. The number of aromatic nitrogens is 2. The van der Waals surface area contributed by atoms with Gasteiger partial charge >= 0.3 is 0 Å². The summed E-state index contributed by atoms with van der Waals surface area (Å²) in [6, 6.07) is 4.96. The van der Waals surface area contributed by atoms with E-state index in [1.54, 1.807) is 12.4 Å². The van der Waals surface area contributed by atoms with Crippen LogP contribution in [0.2, 0.25) is 0 Å². The highest BCUT2D eigenvalue weighted by Gasteiger charge is 2.13. The third kappa shape index (κ3) is 4.24. The third-order valence-electron chi connectivity index (χ3n) is 2.89. The summed E-state index contributed by atoms with van der Waals surface area (Å²) in [6.07, 6.45) is 5.19. The number of hydrogen-bond donors (Lipinski definition) is 2. The molecule has 110 valence electrons. The number of carbonyl (C=O) groups excluding carboxylic acids is 1. The van der Waals surface area contributed by atoms with Crippen molar-refractivity contribution in [2.24, 2.45) is 0 Å². The lowest BCUT2D eigenvalue weighted by Crippen LogP contribution is -2.27. The molecule has 0 aliphatic heterocycles. The van der Waals surface area contributed by atoms with Crippen LogP contribution in [0.4, 0.5) is 10.2 Å². The first-order valence-electron chi connectivity index (χ1n) is 6.77. The van der Waals surface area contributed by atoms with E-state index < -0.39 is 5.82 Å². The zero-order chi connectivity index (χ0) is 15.1. The second kappa shape index (κ2) is 7.33. The summed E-state index contributed by atoms with van der Waals surface area (Å²) >= 11 is 0. The molecule has 0 saturated carbocycles. The zero-order valence-corrected chi connectivity index (χ0v) is 11.8. The van der Waals surface area contributed by atoms with Gasteiger partial charge in [-0.1, -0.05) is 0 Å². The van der Waals surface area contributed by atoms with Crippen LogP contribution in [0, 0.1) is 5.82 Å². The van der Waals surface area contributed by atoms with Crippen molar-refractivity contribution < 1.29 is 9.18 Å². The number of rotatable bonds is 6. The van der Waals surface area contributed by atoms with E-state index in [0.29, 0.717) is 25.3 Å². The van der Waals surface area contributed by atoms with Gasteiger partial charge in [-0.2, -0.15) is 0 Å². The van der Waals surface area contributed by atoms with E-state index in [1.165, 1.54) is 6.07 Å². The van der Waals surface area contributed by atoms with Crippen molar-refractivity contribution in [1.29, 1.82) is 0 Å². The quantitative estimate of drug-likeness (QED) is 0.853. The van der Waals surface area contributed by atoms with Gasteiger partial charge in [-0.25, -0.2) is 9.37 Å². The lowest BCUT2D eigenvalue weighted by molar-refractivity contribution is 0.0954. The SMILES string of the molecule is CCNc1ncc(F)cc1C(=O)NCCc1ccncc1. The van der Waals surface area contributed by atoms with Gasteiger partial charge in [0.05, 0.1) is 11.8 Å². The van der Waals surface area contributed by atoms with E-state index >= 15 is 0 Å². The predicted octanol–water partition coefficient (Wildman–Crippen LogP) is 2.02. The maximum absolute atomic E-state index is 13.3. The summed E-state index contributed by atoms with van der Waals surface area (Å²) in [5.74, 6) is -0.483. The molecule has 0 unspecified atom stereocenters. The minimum absolute atomic E-state index is 0.214. The first-order chi connectivity index (χ1) is 10.2. The van der Waals surface area contributed by atoms with E-state index in [0.717, 1.165) is 11.8 Å². The predicted molar refractivity (Wildman–Crippen MR) is 78.6 cm³/mol. The Labute approximate surface area is 122 Å². The van der Waals surface area contributed by atoms with E-state index in [9.17, 15) is 9.18 Å². The first-order valence-corrected chi connectivity index (χ1v) is 6.77.